The van der Waals surface area contributed by atoms with E-state index in [-0.39, 0.29) is 11.7 Å². The van der Waals surface area contributed by atoms with E-state index in [1.165, 1.54) is 11.8 Å². The molecule has 0 spiro atoms. The highest BCUT2D eigenvalue weighted by Gasteiger charge is 2.12. The van der Waals surface area contributed by atoms with E-state index in [0.717, 1.165) is 16.3 Å². The van der Waals surface area contributed by atoms with Gasteiger partial charge in [0.25, 0.3) is 0 Å². The highest BCUT2D eigenvalue weighted by Crippen LogP contribution is 2.25. The van der Waals surface area contributed by atoms with E-state index in [1.54, 1.807) is 16.4 Å². The molecule has 1 N–H and O–H groups in total. The summed E-state index contributed by atoms with van der Waals surface area (Å²) in [5, 5.41) is 15.2. The second-order valence-corrected chi connectivity index (χ2v) is 6.54. The minimum Gasteiger partial charge on any atom is -0.324 e. The Kier molecular flexibility index (Phi) is 5.50. The number of anilines is 1. The monoisotopic (exact) mass is 357 g/mol. The van der Waals surface area contributed by atoms with Crippen molar-refractivity contribution in [3.8, 4) is 5.69 Å². The van der Waals surface area contributed by atoms with Crippen LogP contribution in [0.15, 0.2) is 64.6 Å². The van der Waals surface area contributed by atoms with Crippen LogP contribution in [0, 0.1) is 0 Å². The number of amides is 1. The van der Waals surface area contributed by atoms with E-state index in [9.17, 15) is 4.79 Å². The zero-order valence-electron chi connectivity index (χ0n) is 12.9. The summed E-state index contributed by atoms with van der Waals surface area (Å²) in [5.74, 6) is 0.139. The van der Waals surface area contributed by atoms with Gasteiger partial charge in [-0.1, -0.05) is 42.1 Å². The Morgan fingerprint density at radius 3 is 2.67 bits per heavy atom. The summed E-state index contributed by atoms with van der Waals surface area (Å²) in [5.41, 5.74) is 1.68. The highest BCUT2D eigenvalue weighted by molar-refractivity contribution is 7.99. The zero-order chi connectivity index (χ0) is 16.8. The minimum atomic E-state index is -0.0934. The van der Waals surface area contributed by atoms with E-state index < -0.39 is 0 Å². The van der Waals surface area contributed by atoms with Gasteiger partial charge in [0.2, 0.25) is 11.1 Å². The van der Waals surface area contributed by atoms with Crippen LogP contribution in [-0.4, -0.2) is 38.1 Å². The van der Waals surface area contributed by atoms with Crippen molar-refractivity contribution < 1.29 is 4.79 Å². The topological polar surface area (TPSA) is 72.7 Å². The molecule has 6 nitrogen and oxygen atoms in total. The largest absolute Gasteiger partial charge is 0.324 e. The van der Waals surface area contributed by atoms with Gasteiger partial charge < -0.3 is 5.32 Å². The van der Waals surface area contributed by atoms with Crippen LogP contribution in [0.25, 0.3) is 5.69 Å². The van der Waals surface area contributed by atoms with Crippen molar-refractivity contribution in [2.24, 2.45) is 0 Å². The molecule has 0 fully saturated rings. The standard InChI is InChI=1S/C16H15N5OS2/c1-23-14-10-6-5-9-13(14)17-15(22)11-24-16-18-19-20-21(16)12-7-3-2-4-8-12/h2-10H,11H2,1H3,(H,17,22). The third-order valence-corrected chi connectivity index (χ3v) is 4.87. The predicted molar refractivity (Wildman–Crippen MR) is 96.7 cm³/mol. The Balaban J connectivity index is 1.64. The second-order valence-electron chi connectivity index (χ2n) is 4.75. The van der Waals surface area contributed by atoms with Gasteiger partial charge in [-0.15, -0.1) is 16.9 Å². The molecule has 1 amide bonds. The predicted octanol–water partition coefficient (Wildman–Crippen LogP) is 3.12. The molecule has 0 aliphatic heterocycles. The van der Waals surface area contributed by atoms with Gasteiger partial charge in [-0.2, -0.15) is 4.68 Å². The van der Waals surface area contributed by atoms with Crippen LogP contribution in [0.3, 0.4) is 0 Å². The number of hydrogen-bond acceptors (Lipinski definition) is 6. The second kappa shape index (κ2) is 7.98. The molecule has 0 saturated carbocycles. The molecule has 3 rings (SSSR count). The van der Waals surface area contributed by atoms with Crippen molar-refractivity contribution in [1.82, 2.24) is 20.2 Å². The summed E-state index contributed by atoms with van der Waals surface area (Å²) in [7, 11) is 0. The van der Waals surface area contributed by atoms with Crippen molar-refractivity contribution >= 4 is 35.1 Å². The van der Waals surface area contributed by atoms with Crippen LogP contribution in [0.5, 0.6) is 0 Å². The lowest BCUT2D eigenvalue weighted by atomic mass is 10.3. The third-order valence-electron chi connectivity index (χ3n) is 3.16. The first-order valence-electron chi connectivity index (χ1n) is 7.17. The number of nitrogens with one attached hydrogen (secondary N) is 1. The third kappa shape index (κ3) is 3.95. The van der Waals surface area contributed by atoms with Crippen LogP contribution < -0.4 is 5.32 Å². The maximum atomic E-state index is 12.2. The fraction of sp³-hybridized carbons (Fsp3) is 0.125. The molecule has 0 atom stereocenters. The molecule has 0 aliphatic rings. The molecule has 0 aliphatic carbocycles. The molecular formula is C16H15N5OS2. The molecule has 2 aromatic carbocycles. The maximum Gasteiger partial charge on any atom is 0.234 e. The summed E-state index contributed by atoms with van der Waals surface area (Å²) in [4.78, 5) is 13.2. The van der Waals surface area contributed by atoms with Crippen LogP contribution in [0.4, 0.5) is 5.69 Å². The van der Waals surface area contributed by atoms with E-state index in [1.807, 2.05) is 60.9 Å². The lowest BCUT2D eigenvalue weighted by molar-refractivity contribution is -0.113. The van der Waals surface area contributed by atoms with Gasteiger partial charge in [0.1, 0.15) is 0 Å². The Bertz CT molecular complexity index is 822. The Morgan fingerprint density at radius 1 is 1.12 bits per heavy atom. The van der Waals surface area contributed by atoms with Crippen molar-refractivity contribution in [2.45, 2.75) is 10.1 Å². The quantitative estimate of drug-likeness (QED) is 0.684. The molecule has 24 heavy (non-hydrogen) atoms. The number of tetrazole rings is 1. The number of hydrogen-bond donors (Lipinski definition) is 1. The van der Waals surface area contributed by atoms with Gasteiger partial charge in [0.15, 0.2) is 0 Å². The van der Waals surface area contributed by atoms with Crippen LogP contribution >= 0.6 is 23.5 Å². The van der Waals surface area contributed by atoms with E-state index in [2.05, 4.69) is 20.8 Å². The van der Waals surface area contributed by atoms with Gasteiger partial charge in [0.05, 0.1) is 17.1 Å². The fourth-order valence-corrected chi connectivity index (χ4v) is 3.31. The normalized spacial score (nSPS) is 10.5. The van der Waals surface area contributed by atoms with Crippen molar-refractivity contribution in [3.05, 3.63) is 54.6 Å². The summed E-state index contributed by atoms with van der Waals surface area (Å²) < 4.78 is 1.62. The van der Waals surface area contributed by atoms with E-state index in [4.69, 9.17) is 0 Å². The summed E-state index contributed by atoms with van der Waals surface area (Å²) in [6.07, 6.45) is 1.98. The number of para-hydroxylation sites is 2. The Morgan fingerprint density at radius 2 is 1.88 bits per heavy atom. The zero-order valence-corrected chi connectivity index (χ0v) is 14.5. The van der Waals surface area contributed by atoms with Crippen LogP contribution in [0.1, 0.15) is 0 Å². The number of rotatable bonds is 6. The van der Waals surface area contributed by atoms with Crippen molar-refractivity contribution in [1.29, 1.82) is 0 Å². The minimum absolute atomic E-state index is 0.0934. The molecular weight excluding hydrogens is 342 g/mol. The molecule has 1 aromatic heterocycles. The van der Waals surface area contributed by atoms with Gasteiger partial charge in [-0.05, 0) is 40.9 Å². The summed E-state index contributed by atoms with van der Waals surface area (Å²) in [6.45, 7) is 0. The Labute approximate surface area is 148 Å². The fourth-order valence-electron chi connectivity index (χ4n) is 2.06. The SMILES string of the molecule is CSc1ccccc1NC(=O)CSc1nnnn1-c1ccccc1. The maximum absolute atomic E-state index is 12.2. The first-order chi connectivity index (χ1) is 11.8. The number of carbonyl (C=O) groups excluding carboxylic acids is 1. The van der Waals surface area contributed by atoms with E-state index >= 15 is 0 Å². The molecule has 8 heteroatoms. The van der Waals surface area contributed by atoms with E-state index in [0.29, 0.717) is 5.16 Å². The molecule has 0 bridgehead atoms. The number of carbonyl (C=O) groups is 1. The number of nitrogens with zero attached hydrogens (tertiary/aromatic N) is 4. The lowest BCUT2D eigenvalue weighted by Gasteiger charge is -2.09. The van der Waals surface area contributed by atoms with Gasteiger partial charge >= 0.3 is 0 Å². The van der Waals surface area contributed by atoms with Gasteiger partial charge in [0, 0.05) is 4.90 Å². The molecule has 0 saturated heterocycles. The molecule has 1 heterocycles. The van der Waals surface area contributed by atoms with Crippen LogP contribution in [0.2, 0.25) is 0 Å². The summed E-state index contributed by atoms with van der Waals surface area (Å²) in [6, 6.07) is 17.3. The lowest BCUT2D eigenvalue weighted by Crippen LogP contribution is -2.15. The summed E-state index contributed by atoms with van der Waals surface area (Å²) >= 11 is 2.89. The van der Waals surface area contributed by atoms with Crippen molar-refractivity contribution in [2.75, 3.05) is 17.3 Å². The molecule has 122 valence electrons. The average molecular weight is 357 g/mol. The smallest absolute Gasteiger partial charge is 0.234 e. The molecule has 0 unspecified atom stereocenters. The van der Waals surface area contributed by atoms with Gasteiger partial charge in [-0.25, -0.2) is 0 Å². The molecule has 3 aromatic rings. The van der Waals surface area contributed by atoms with Crippen LogP contribution in [-0.2, 0) is 4.79 Å². The first-order valence-corrected chi connectivity index (χ1v) is 9.38. The Hall–Kier alpha value is -2.32. The number of thioether (sulfide) groups is 2. The number of benzene rings is 2. The first kappa shape index (κ1) is 16.5. The highest BCUT2D eigenvalue weighted by atomic mass is 32.2. The van der Waals surface area contributed by atoms with Crippen molar-refractivity contribution in [3.63, 3.8) is 0 Å². The number of aromatic nitrogens is 4. The van der Waals surface area contributed by atoms with Gasteiger partial charge in [-0.3, -0.25) is 4.79 Å². The average Bonchev–Trinajstić information content (AvgIpc) is 3.10. The molecule has 0 radical (unpaired) electrons.